The Balaban J connectivity index is 1.90. The van der Waals surface area contributed by atoms with Crippen LogP contribution in [0.25, 0.3) is 0 Å². The number of aryl methyl sites for hydroxylation is 1. The molecule has 2 rings (SSSR count). The van der Waals surface area contributed by atoms with Crippen LogP contribution in [0.1, 0.15) is 48.8 Å². The van der Waals surface area contributed by atoms with Gasteiger partial charge in [0.05, 0.1) is 18.7 Å². The molecule has 1 amide bonds. The number of ether oxygens (including phenoxy) is 1. The molecule has 0 spiro atoms. The van der Waals surface area contributed by atoms with Crippen molar-refractivity contribution in [2.24, 2.45) is 5.92 Å². The van der Waals surface area contributed by atoms with Gasteiger partial charge in [-0.2, -0.15) is 5.10 Å². The summed E-state index contributed by atoms with van der Waals surface area (Å²) in [5.41, 5.74) is 5.30. The molecular formula is C21H31N3O2. The van der Waals surface area contributed by atoms with Crippen LogP contribution in [-0.2, 0) is 35.6 Å². The van der Waals surface area contributed by atoms with E-state index in [1.807, 2.05) is 49.7 Å². The fourth-order valence-corrected chi connectivity index (χ4v) is 2.91. The number of carbonyl (C=O) groups excluding carboxylic acids is 1. The quantitative estimate of drug-likeness (QED) is 0.747. The minimum atomic E-state index is 0.0266. The Labute approximate surface area is 156 Å². The summed E-state index contributed by atoms with van der Waals surface area (Å²) < 4.78 is 7.41. The van der Waals surface area contributed by atoms with Crippen LogP contribution >= 0.6 is 0 Å². The standard InChI is InChI=1S/C21H31N3O2/c1-6-26-14-19-9-7-18(8-10-19)12-22-21(25)11-20-16(4)23-24(17(20)5)13-15(2)3/h7-10,15H,6,11-14H2,1-5H3,(H,22,25). The second-order valence-corrected chi connectivity index (χ2v) is 7.13. The van der Waals surface area contributed by atoms with E-state index in [9.17, 15) is 4.79 Å². The molecule has 0 radical (unpaired) electrons. The first-order chi connectivity index (χ1) is 12.4. The van der Waals surface area contributed by atoms with Crippen molar-refractivity contribution in [3.05, 3.63) is 52.3 Å². The van der Waals surface area contributed by atoms with Crippen molar-refractivity contribution < 1.29 is 9.53 Å². The minimum absolute atomic E-state index is 0.0266. The lowest BCUT2D eigenvalue weighted by molar-refractivity contribution is -0.120. The minimum Gasteiger partial charge on any atom is -0.377 e. The Bertz CT molecular complexity index is 718. The van der Waals surface area contributed by atoms with E-state index in [-0.39, 0.29) is 5.91 Å². The molecule has 142 valence electrons. The third kappa shape index (κ3) is 5.70. The van der Waals surface area contributed by atoms with Crippen molar-refractivity contribution in [2.75, 3.05) is 6.61 Å². The average Bonchev–Trinajstić information content (AvgIpc) is 2.86. The highest BCUT2D eigenvalue weighted by Crippen LogP contribution is 2.15. The summed E-state index contributed by atoms with van der Waals surface area (Å²) >= 11 is 0. The van der Waals surface area contributed by atoms with Crippen molar-refractivity contribution >= 4 is 5.91 Å². The number of benzene rings is 1. The number of hydrogen-bond donors (Lipinski definition) is 1. The lowest BCUT2D eigenvalue weighted by Gasteiger charge is -2.09. The highest BCUT2D eigenvalue weighted by Gasteiger charge is 2.15. The highest BCUT2D eigenvalue weighted by atomic mass is 16.5. The van der Waals surface area contributed by atoms with Crippen molar-refractivity contribution in [3.8, 4) is 0 Å². The Morgan fingerprint density at radius 3 is 2.46 bits per heavy atom. The number of hydrogen-bond acceptors (Lipinski definition) is 3. The fourth-order valence-electron chi connectivity index (χ4n) is 2.91. The maximum atomic E-state index is 12.4. The van der Waals surface area contributed by atoms with Crippen LogP contribution in [0.4, 0.5) is 0 Å². The normalized spacial score (nSPS) is 11.2. The number of aromatic nitrogens is 2. The molecule has 0 fully saturated rings. The Hall–Kier alpha value is -2.14. The van der Waals surface area contributed by atoms with E-state index in [2.05, 4.69) is 24.3 Å². The Morgan fingerprint density at radius 2 is 1.85 bits per heavy atom. The van der Waals surface area contributed by atoms with Gasteiger partial charge in [0.1, 0.15) is 0 Å². The molecule has 5 nitrogen and oxygen atoms in total. The van der Waals surface area contributed by atoms with Gasteiger partial charge in [-0.15, -0.1) is 0 Å². The molecule has 1 aromatic heterocycles. The molecule has 1 aromatic carbocycles. The summed E-state index contributed by atoms with van der Waals surface area (Å²) in [5, 5.41) is 7.59. The maximum absolute atomic E-state index is 12.4. The molecule has 0 aliphatic heterocycles. The summed E-state index contributed by atoms with van der Waals surface area (Å²) in [6.07, 6.45) is 0.373. The second-order valence-electron chi connectivity index (χ2n) is 7.13. The van der Waals surface area contributed by atoms with Crippen LogP contribution in [0.15, 0.2) is 24.3 Å². The summed E-state index contributed by atoms with van der Waals surface area (Å²) in [5.74, 6) is 0.555. The number of rotatable bonds is 9. The topological polar surface area (TPSA) is 56.1 Å². The van der Waals surface area contributed by atoms with E-state index >= 15 is 0 Å². The third-order valence-corrected chi connectivity index (χ3v) is 4.39. The molecule has 0 saturated heterocycles. The van der Waals surface area contributed by atoms with Gasteiger partial charge in [-0.1, -0.05) is 38.1 Å². The smallest absolute Gasteiger partial charge is 0.224 e. The van der Waals surface area contributed by atoms with Crippen LogP contribution < -0.4 is 5.32 Å². The number of amides is 1. The third-order valence-electron chi connectivity index (χ3n) is 4.39. The number of carbonyl (C=O) groups is 1. The van der Waals surface area contributed by atoms with E-state index in [1.54, 1.807) is 0 Å². The summed E-state index contributed by atoms with van der Waals surface area (Å²) in [4.78, 5) is 12.4. The zero-order chi connectivity index (χ0) is 19.1. The van der Waals surface area contributed by atoms with Gasteiger partial charge >= 0.3 is 0 Å². The summed E-state index contributed by atoms with van der Waals surface area (Å²) in [7, 11) is 0. The van der Waals surface area contributed by atoms with Gasteiger partial charge in [0.25, 0.3) is 0 Å². The largest absolute Gasteiger partial charge is 0.377 e. The molecule has 0 aliphatic rings. The Morgan fingerprint density at radius 1 is 1.19 bits per heavy atom. The van der Waals surface area contributed by atoms with Gasteiger partial charge in [0.2, 0.25) is 5.91 Å². The molecule has 0 atom stereocenters. The molecule has 0 bridgehead atoms. The van der Waals surface area contributed by atoms with Crippen LogP contribution in [0.2, 0.25) is 0 Å². The SMILES string of the molecule is CCOCc1ccc(CNC(=O)Cc2c(C)nn(CC(C)C)c2C)cc1. The molecular weight excluding hydrogens is 326 g/mol. The molecule has 0 aliphatic carbocycles. The van der Waals surface area contributed by atoms with Crippen molar-refractivity contribution in [3.63, 3.8) is 0 Å². The van der Waals surface area contributed by atoms with Crippen LogP contribution in [0.5, 0.6) is 0 Å². The molecule has 0 unspecified atom stereocenters. The van der Waals surface area contributed by atoms with Gasteiger partial charge in [-0.05, 0) is 37.8 Å². The van der Waals surface area contributed by atoms with E-state index in [0.29, 0.717) is 32.1 Å². The van der Waals surface area contributed by atoms with Crippen molar-refractivity contribution in [1.29, 1.82) is 0 Å². The van der Waals surface area contributed by atoms with Crippen LogP contribution in [0.3, 0.4) is 0 Å². The number of nitrogens with zero attached hydrogens (tertiary/aromatic N) is 2. The first-order valence-electron chi connectivity index (χ1n) is 9.35. The lowest BCUT2D eigenvalue weighted by Crippen LogP contribution is -2.25. The zero-order valence-corrected chi connectivity index (χ0v) is 16.6. The molecule has 1 heterocycles. The molecule has 0 saturated carbocycles. The molecule has 2 aromatic rings. The zero-order valence-electron chi connectivity index (χ0n) is 16.6. The summed E-state index contributed by atoms with van der Waals surface area (Å²) in [6.45, 7) is 13.1. The molecule has 1 N–H and O–H groups in total. The highest BCUT2D eigenvalue weighted by molar-refractivity contribution is 5.79. The van der Waals surface area contributed by atoms with Gasteiger partial charge in [0.15, 0.2) is 0 Å². The summed E-state index contributed by atoms with van der Waals surface area (Å²) in [6, 6.07) is 8.15. The maximum Gasteiger partial charge on any atom is 0.224 e. The predicted molar refractivity (Wildman–Crippen MR) is 104 cm³/mol. The van der Waals surface area contributed by atoms with E-state index < -0.39 is 0 Å². The fraction of sp³-hybridized carbons (Fsp3) is 0.524. The van der Waals surface area contributed by atoms with Crippen molar-refractivity contribution in [2.45, 2.75) is 60.7 Å². The van der Waals surface area contributed by atoms with Crippen LogP contribution in [0, 0.1) is 19.8 Å². The van der Waals surface area contributed by atoms with Crippen LogP contribution in [-0.4, -0.2) is 22.3 Å². The van der Waals surface area contributed by atoms with E-state index in [1.165, 1.54) is 0 Å². The number of nitrogens with one attached hydrogen (secondary N) is 1. The molecule has 5 heteroatoms. The second kappa shape index (κ2) is 9.53. The first kappa shape index (κ1) is 20.2. The Kier molecular flexibility index (Phi) is 7.39. The predicted octanol–water partition coefficient (Wildman–Crippen LogP) is 3.55. The lowest BCUT2D eigenvalue weighted by atomic mass is 10.1. The van der Waals surface area contributed by atoms with E-state index in [0.717, 1.165) is 34.6 Å². The van der Waals surface area contributed by atoms with Gasteiger partial charge < -0.3 is 10.1 Å². The van der Waals surface area contributed by atoms with Gasteiger partial charge in [-0.3, -0.25) is 9.48 Å². The first-order valence-corrected chi connectivity index (χ1v) is 9.35. The van der Waals surface area contributed by atoms with E-state index in [4.69, 9.17) is 4.74 Å². The van der Waals surface area contributed by atoms with Gasteiger partial charge in [-0.25, -0.2) is 0 Å². The van der Waals surface area contributed by atoms with Crippen molar-refractivity contribution in [1.82, 2.24) is 15.1 Å². The average molecular weight is 357 g/mol. The van der Waals surface area contributed by atoms with Gasteiger partial charge in [0, 0.05) is 31.0 Å². The monoisotopic (exact) mass is 357 g/mol. The molecule has 26 heavy (non-hydrogen) atoms.